The smallest absolute Gasteiger partial charge is 0.141 e. The normalized spacial score (nSPS) is 19.0. The average molecular weight is 529 g/mol. The third-order valence-electron chi connectivity index (χ3n) is 7.74. The summed E-state index contributed by atoms with van der Waals surface area (Å²) in [5.74, 6) is 0.705. The van der Waals surface area contributed by atoms with Crippen molar-refractivity contribution in [1.29, 1.82) is 0 Å². The molecular weight excluding hydrogens is 502 g/mol. The lowest BCUT2D eigenvalue weighted by molar-refractivity contribution is -0.00921. The zero-order valence-corrected chi connectivity index (χ0v) is 21.0. The van der Waals surface area contributed by atoms with E-state index in [2.05, 4.69) is 29.9 Å². The third kappa shape index (κ3) is 4.28. The van der Waals surface area contributed by atoms with Gasteiger partial charge in [-0.25, -0.2) is 23.7 Å². The minimum atomic E-state index is -0.469. The second kappa shape index (κ2) is 9.42. The summed E-state index contributed by atoms with van der Waals surface area (Å²) in [6.45, 7) is 1.94. The number of piperidine rings is 1. The SMILES string of the molecule is Oc1ccc(F)cc1CN1C2CC1CN(c1ccc(-c3ncnc4[nH]c(-c5ccn(CCF)n5)cc34)cn1)C2. The standard InChI is InChI=1S/C28H26F2N8O/c29-6-8-37-7-5-23(35-37)24-11-22-27(32-16-33-28(22)34-24)17-1-4-26(31-12-17)36-14-20-10-21(15-36)38(20)13-18-9-19(30)2-3-25(18)39/h1-5,7,9,11-12,16,20-21,39H,6,8,10,13-15H2,(H,32,33,34). The van der Waals surface area contributed by atoms with Gasteiger partial charge in [0.25, 0.3) is 0 Å². The number of aromatic hydroxyl groups is 1. The first kappa shape index (κ1) is 23.7. The van der Waals surface area contributed by atoms with E-state index in [1.165, 1.54) is 24.5 Å². The van der Waals surface area contributed by atoms with Crippen molar-refractivity contribution in [1.82, 2.24) is 34.6 Å². The Hall–Kier alpha value is -4.38. The minimum Gasteiger partial charge on any atom is -0.508 e. The summed E-state index contributed by atoms with van der Waals surface area (Å²) in [5, 5.41) is 15.4. The molecule has 2 atom stereocenters. The van der Waals surface area contributed by atoms with Gasteiger partial charge in [-0.15, -0.1) is 0 Å². The minimum absolute atomic E-state index is 0.135. The highest BCUT2D eigenvalue weighted by molar-refractivity contribution is 5.93. The number of hydrogen-bond acceptors (Lipinski definition) is 7. The van der Waals surface area contributed by atoms with Crippen molar-refractivity contribution in [3.8, 4) is 28.4 Å². The second-order valence-electron chi connectivity index (χ2n) is 10.1. The summed E-state index contributed by atoms with van der Waals surface area (Å²) in [7, 11) is 0. The van der Waals surface area contributed by atoms with Gasteiger partial charge in [0.1, 0.15) is 41.7 Å². The molecule has 0 spiro atoms. The number of H-pyrrole nitrogens is 1. The average Bonchev–Trinajstić information content (AvgIpc) is 3.61. The number of pyridine rings is 1. The first-order chi connectivity index (χ1) is 19.1. The summed E-state index contributed by atoms with van der Waals surface area (Å²) in [5.41, 5.74) is 4.47. The molecule has 0 amide bonds. The van der Waals surface area contributed by atoms with Crippen LogP contribution in [0.1, 0.15) is 12.0 Å². The fourth-order valence-electron chi connectivity index (χ4n) is 5.75. The highest BCUT2D eigenvalue weighted by atomic mass is 19.1. The number of aryl methyl sites for hydroxylation is 1. The monoisotopic (exact) mass is 528 g/mol. The van der Waals surface area contributed by atoms with Crippen LogP contribution >= 0.6 is 0 Å². The number of aromatic amines is 1. The topological polar surface area (TPSA) is 99.0 Å². The lowest BCUT2D eigenvalue weighted by Gasteiger charge is -2.56. The zero-order valence-electron chi connectivity index (χ0n) is 21.0. The lowest BCUT2D eigenvalue weighted by Crippen LogP contribution is -2.68. The van der Waals surface area contributed by atoms with Crippen LogP contribution in [0.3, 0.4) is 0 Å². The van der Waals surface area contributed by atoms with Gasteiger partial charge in [-0.3, -0.25) is 9.58 Å². The van der Waals surface area contributed by atoms with Crippen LogP contribution in [0, 0.1) is 5.82 Å². The van der Waals surface area contributed by atoms with E-state index >= 15 is 0 Å². The van der Waals surface area contributed by atoms with E-state index in [0.29, 0.717) is 35.5 Å². The molecule has 3 saturated heterocycles. The highest BCUT2D eigenvalue weighted by Crippen LogP contribution is 2.37. The molecule has 4 aromatic heterocycles. The zero-order chi connectivity index (χ0) is 26.5. The molecular formula is C28H26F2N8O. The lowest BCUT2D eigenvalue weighted by atomic mass is 9.86. The number of phenols is 1. The summed E-state index contributed by atoms with van der Waals surface area (Å²) in [4.78, 5) is 21.6. The molecule has 0 radical (unpaired) electrons. The van der Waals surface area contributed by atoms with Gasteiger partial charge < -0.3 is 15.0 Å². The number of aromatic nitrogens is 6. The predicted octanol–water partition coefficient (Wildman–Crippen LogP) is 4.16. The molecule has 39 heavy (non-hydrogen) atoms. The molecule has 2 unspecified atom stereocenters. The van der Waals surface area contributed by atoms with Gasteiger partial charge in [0.15, 0.2) is 0 Å². The molecule has 7 heterocycles. The van der Waals surface area contributed by atoms with Crippen LogP contribution in [0.25, 0.3) is 33.7 Å². The number of rotatable bonds is 7. The van der Waals surface area contributed by atoms with Crippen LogP contribution in [0.5, 0.6) is 5.75 Å². The maximum atomic E-state index is 13.7. The van der Waals surface area contributed by atoms with E-state index in [9.17, 15) is 13.9 Å². The number of alkyl halides is 1. The van der Waals surface area contributed by atoms with Crippen molar-refractivity contribution in [3.05, 3.63) is 72.6 Å². The molecule has 3 fully saturated rings. The van der Waals surface area contributed by atoms with E-state index in [0.717, 1.165) is 47.7 Å². The Balaban J connectivity index is 1.07. The largest absolute Gasteiger partial charge is 0.508 e. The van der Waals surface area contributed by atoms with E-state index in [4.69, 9.17) is 4.98 Å². The first-order valence-electron chi connectivity index (χ1n) is 12.9. The van der Waals surface area contributed by atoms with E-state index in [1.807, 2.05) is 30.5 Å². The molecule has 2 N–H and O–H groups in total. The molecule has 2 bridgehead atoms. The van der Waals surface area contributed by atoms with Crippen LogP contribution in [-0.2, 0) is 13.1 Å². The van der Waals surface area contributed by atoms with Crippen LogP contribution in [0.2, 0.25) is 0 Å². The number of nitrogens with zero attached hydrogens (tertiary/aromatic N) is 7. The Labute approximate surface area is 222 Å². The fraction of sp³-hybridized carbons (Fsp3) is 0.286. The molecule has 0 aliphatic carbocycles. The highest BCUT2D eigenvalue weighted by Gasteiger charge is 2.44. The van der Waals surface area contributed by atoms with E-state index < -0.39 is 6.67 Å². The molecule has 3 aliphatic rings. The number of hydrogen-bond donors (Lipinski definition) is 2. The van der Waals surface area contributed by atoms with Crippen molar-refractivity contribution >= 4 is 16.9 Å². The summed E-state index contributed by atoms with van der Waals surface area (Å²) >= 11 is 0. The predicted molar refractivity (Wildman–Crippen MR) is 142 cm³/mol. The van der Waals surface area contributed by atoms with E-state index in [-0.39, 0.29) is 18.1 Å². The van der Waals surface area contributed by atoms with Gasteiger partial charge in [0.2, 0.25) is 0 Å². The van der Waals surface area contributed by atoms with Gasteiger partial charge in [0.05, 0.1) is 17.9 Å². The number of piperazine rings is 1. The van der Waals surface area contributed by atoms with Gasteiger partial charge in [-0.05, 0) is 48.9 Å². The Bertz CT molecular complexity index is 1640. The molecule has 3 aliphatic heterocycles. The molecule has 198 valence electrons. The Kier molecular flexibility index (Phi) is 5.73. The maximum absolute atomic E-state index is 13.7. The molecule has 1 aromatic carbocycles. The van der Waals surface area contributed by atoms with Gasteiger partial charge in [-0.1, -0.05) is 0 Å². The van der Waals surface area contributed by atoms with Crippen molar-refractivity contribution in [2.45, 2.75) is 31.6 Å². The van der Waals surface area contributed by atoms with Crippen LogP contribution in [-0.4, -0.2) is 71.6 Å². The Morgan fingerprint density at radius 3 is 2.69 bits per heavy atom. The number of halogens is 2. The van der Waals surface area contributed by atoms with Crippen molar-refractivity contribution < 1.29 is 13.9 Å². The number of anilines is 1. The van der Waals surface area contributed by atoms with Gasteiger partial charge >= 0.3 is 0 Å². The van der Waals surface area contributed by atoms with Gasteiger partial charge in [0, 0.05) is 60.6 Å². The molecule has 5 aromatic rings. The van der Waals surface area contributed by atoms with Crippen molar-refractivity contribution in [2.75, 3.05) is 24.7 Å². The van der Waals surface area contributed by atoms with Gasteiger partial charge in [-0.2, -0.15) is 5.10 Å². The summed E-state index contributed by atoms with van der Waals surface area (Å²) in [6.07, 6.45) is 6.20. The summed E-state index contributed by atoms with van der Waals surface area (Å²) in [6, 6.07) is 12.6. The molecule has 0 saturated carbocycles. The van der Waals surface area contributed by atoms with Crippen molar-refractivity contribution in [3.63, 3.8) is 0 Å². The second-order valence-corrected chi connectivity index (χ2v) is 10.1. The number of phenolic OH excluding ortho intramolecular Hbond substituents is 1. The van der Waals surface area contributed by atoms with Crippen molar-refractivity contribution in [2.24, 2.45) is 0 Å². The quantitative estimate of drug-likeness (QED) is 0.327. The first-order valence-corrected chi connectivity index (χ1v) is 12.9. The number of fused-ring (bicyclic) bond motifs is 3. The fourth-order valence-corrected chi connectivity index (χ4v) is 5.75. The van der Waals surface area contributed by atoms with Crippen LogP contribution in [0.15, 0.2) is 61.2 Å². The maximum Gasteiger partial charge on any atom is 0.141 e. The Morgan fingerprint density at radius 1 is 1.03 bits per heavy atom. The summed E-state index contributed by atoms with van der Waals surface area (Å²) < 4.78 is 27.9. The molecule has 11 heteroatoms. The third-order valence-corrected chi connectivity index (χ3v) is 7.74. The molecule has 8 rings (SSSR count). The number of benzene rings is 1. The number of nitrogens with one attached hydrogen (secondary N) is 1. The Morgan fingerprint density at radius 2 is 1.90 bits per heavy atom. The van der Waals surface area contributed by atoms with E-state index in [1.54, 1.807) is 10.9 Å². The molecule has 9 nitrogen and oxygen atoms in total. The van der Waals surface area contributed by atoms with Crippen LogP contribution in [0.4, 0.5) is 14.6 Å². The van der Waals surface area contributed by atoms with Crippen LogP contribution < -0.4 is 4.90 Å².